The van der Waals surface area contributed by atoms with Gasteiger partial charge in [-0.05, 0) is 6.42 Å². The topological polar surface area (TPSA) is 45.4 Å². The summed E-state index contributed by atoms with van der Waals surface area (Å²) in [6, 6.07) is -0.0246. The molecule has 0 fully saturated rings. The molecular weight excluding hydrogens is 116 g/mol. The zero-order valence-electron chi connectivity index (χ0n) is 5.85. The van der Waals surface area contributed by atoms with Crippen molar-refractivity contribution in [1.29, 1.82) is 5.41 Å². The third-order valence-corrected chi connectivity index (χ3v) is 0.820. The van der Waals surface area contributed by atoms with Gasteiger partial charge in [0.1, 0.15) is 0 Å². The van der Waals surface area contributed by atoms with Crippen molar-refractivity contribution in [2.24, 2.45) is 4.99 Å². The lowest BCUT2D eigenvalue weighted by Crippen LogP contribution is -1.93. The maximum Gasteiger partial charge on any atom is 0.308 e. The normalized spacial score (nSPS) is 10.0. The van der Waals surface area contributed by atoms with Crippen LogP contribution < -0.4 is 0 Å². The molecule has 0 atom stereocenters. The summed E-state index contributed by atoms with van der Waals surface area (Å²) >= 11 is 0. The summed E-state index contributed by atoms with van der Waals surface area (Å²) < 4.78 is 4.48. The first-order valence-corrected chi connectivity index (χ1v) is 2.96. The molecule has 0 saturated carbocycles. The Hall–Kier alpha value is -0.860. The van der Waals surface area contributed by atoms with E-state index in [1.807, 2.05) is 0 Å². The molecule has 0 aliphatic heterocycles. The van der Waals surface area contributed by atoms with Crippen molar-refractivity contribution in [2.75, 3.05) is 7.11 Å². The number of hydrogen-bond donors (Lipinski definition) is 1. The fourth-order valence-corrected chi connectivity index (χ4v) is 0.329. The van der Waals surface area contributed by atoms with E-state index in [2.05, 4.69) is 16.7 Å². The predicted octanol–water partition coefficient (Wildman–Crippen LogP) is 1.44. The van der Waals surface area contributed by atoms with Crippen LogP contribution in [0.5, 0.6) is 0 Å². The van der Waals surface area contributed by atoms with E-state index in [0.717, 1.165) is 12.8 Å². The molecule has 0 amide bonds. The number of nitrogens with one attached hydrogen (secondary N) is 1. The zero-order chi connectivity index (χ0) is 7.11. The van der Waals surface area contributed by atoms with Crippen LogP contribution in [0, 0.1) is 5.41 Å². The number of amidine groups is 1. The van der Waals surface area contributed by atoms with E-state index in [9.17, 15) is 0 Å². The summed E-state index contributed by atoms with van der Waals surface area (Å²) in [6.07, 6.45) is 3.65. The minimum Gasteiger partial charge on any atom is -0.467 e. The third kappa shape index (κ3) is 5.00. The Bertz CT molecular complexity index is 110. The third-order valence-electron chi connectivity index (χ3n) is 0.820. The molecule has 0 heterocycles. The van der Waals surface area contributed by atoms with Crippen LogP contribution in [-0.4, -0.2) is 19.3 Å². The summed E-state index contributed by atoms with van der Waals surface area (Å²) in [7, 11) is 1.44. The van der Waals surface area contributed by atoms with E-state index in [0.29, 0.717) is 0 Å². The Morgan fingerprint density at radius 3 is 2.89 bits per heavy atom. The van der Waals surface area contributed by atoms with Crippen LogP contribution in [0.2, 0.25) is 0 Å². The van der Waals surface area contributed by atoms with Crippen LogP contribution in [0.15, 0.2) is 4.99 Å². The molecule has 0 radical (unpaired) electrons. The lowest BCUT2D eigenvalue weighted by atomic mass is 10.4. The molecule has 0 aromatic heterocycles. The van der Waals surface area contributed by atoms with Crippen LogP contribution in [0.25, 0.3) is 0 Å². The van der Waals surface area contributed by atoms with Crippen molar-refractivity contribution in [2.45, 2.75) is 19.8 Å². The lowest BCUT2D eigenvalue weighted by Gasteiger charge is -1.90. The maximum atomic E-state index is 6.90. The van der Waals surface area contributed by atoms with Gasteiger partial charge in [0.05, 0.1) is 7.11 Å². The highest BCUT2D eigenvalue weighted by atomic mass is 16.5. The molecule has 3 nitrogen and oxygen atoms in total. The lowest BCUT2D eigenvalue weighted by molar-refractivity contribution is 0.393. The molecule has 3 heteroatoms. The van der Waals surface area contributed by atoms with Gasteiger partial charge in [-0.1, -0.05) is 13.3 Å². The van der Waals surface area contributed by atoms with Crippen molar-refractivity contribution in [3.8, 4) is 0 Å². The van der Waals surface area contributed by atoms with Gasteiger partial charge in [-0.25, -0.2) is 10.4 Å². The highest BCUT2D eigenvalue weighted by Gasteiger charge is 1.82. The van der Waals surface area contributed by atoms with Crippen LogP contribution in [0.1, 0.15) is 19.8 Å². The van der Waals surface area contributed by atoms with E-state index in [1.54, 1.807) is 6.21 Å². The molecule has 0 bridgehead atoms. The van der Waals surface area contributed by atoms with E-state index < -0.39 is 0 Å². The van der Waals surface area contributed by atoms with Crippen molar-refractivity contribution >= 4 is 12.2 Å². The van der Waals surface area contributed by atoms with Crippen LogP contribution in [0.3, 0.4) is 0 Å². The molecule has 0 aromatic carbocycles. The standard InChI is InChI=1S/C6H12N2O/c1-3-4-5-8-6(7)9-2/h5,7H,3-4H2,1-2H3. The second-order valence-electron chi connectivity index (χ2n) is 1.61. The minimum absolute atomic E-state index is 0.0246. The van der Waals surface area contributed by atoms with E-state index in [1.165, 1.54) is 7.11 Å². The van der Waals surface area contributed by atoms with Crippen molar-refractivity contribution in [3.63, 3.8) is 0 Å². The van der Waals surface area contributed by atoms with Crippen LogP contribution >= 0.6 is 0 Å². The van der Waals surface area contributed by atoms with Crippen molar-refractivity contribution < 1.29 is 4.74 Å². The number of methoxy groups -OCH3 is 1. The molecule has 52 valence electrons. The summed E-state index contributed by atoms with van der Waals surface area (Å²) in [6.45, 7) is 2.06. The molecular formula is C6H12N2O. The van der Waals surface area contributed by atoms with E-state index >= 15 is 0 Å². The largest absolute Gasteiger partial charge is 0.467 e. The maximum absolute atomic E-state index is 6.90. The average Bonchev–Trinajstić information content (AvgIpc) is 1.89. The van der Waals surface area contributed by atoms with Gasteiger partial charge in [0.2, 0.25) is 0 Å². The smallest absolute Gasteiger partial charge is 0.308 e. The first-order valence-electron chi connectivity index (χ1n) is 2.96. The first kappa shape index (κ1) is 8.14. The zero-order valence-corrected chi connectivity index (χ0v) is 5.85. The average molecular weight is 128 g/mol. The molecule has 0 rings (SSSR count). The number of ether oxygens (including phenoxy) is 1. The van der Waals surface area contributed by atoms with Crippen LogP contribution in [0.4, 0.5) is 0 Å². The molecule has 0 spiro atoms. The Labute approximate surface area is 55.3 Å². The fraction of sp³-hybridized carbons (Fsp3) is 0.667. The Morgan fingerprint density at radius 1 is 1.78 bits per heavy atom. The van der Waals surface area contributed by atoms with Gasteiger partial charge >= 0.3 is 6.02 Å². The number of rotatable bonds is 2. The fourth-order valence-electron chi connectivity index (χ4n) is 0.329. The molecule has 0 unspecified atom stereocenters. The van der Waals surface area contributed by atoms with Gasteiger partial charge in [0.15, 0.2) is 0 Å². The molecule has 0 aliphatic rings. The van der Waals surface area contributed by atoms with Gasteiger partial charge in [-0.15, -0.1) is 0 Å². The highest BCUT2D eigenvalue weighted by Crippen LogP contribution is 1.82. The number of hydrogen-bond acceptors (Lipinski definition) is 2. The minimum atomic E-state index is -0.0246. The van der Waals surface area contributed by atoms with E-state index in [4.69, 9.17) is 5.41 Å². The van der Waals surface area contributed by atoms with Gasteiger partial charge in [0.25, 0.3) is 0 Å². The molecule has 0 aromatic rings. The quantitative estimate of drug-likeness (QED) is 0.444. The molecule has 0 aliphatic carbocycles. The number of aliphatic imine (C=N–C) groups is 1. The number of nitrogens with zero attached hydrogens (tertiary/aromatic N) is 1. The Morgan fingerprint density at radius 2 is 2.44 bits per heavy atom. The van der Waals surface area contributed by atoms with Gasteiger partial charge < -0.3 is 4.74 Å². The molecule has 0 saturated heterocycles. The first-order chi connectivity index (χ1) is 4.31. The highest BCUT2D eigenvalue weighted by molar-refractivity contribution is 5.80. The summed E-state index contributed by atoms with van der Waals surface area (Å²) in [5.41, 5.74) is 0. The Kier molecular flexibility index (Phi) is 4.78. The van der Waals surface area contributed by atoms with Crippen molar-refractivity contribution in [1.82, 2.24) is 0 Å². The van der Waals surface area contributed by atoms with Crippen molar-refractivity contribution in [3.05, 3.63) is 0 Å². The van der Waals surface area contributed by atoms with Crippen LogP contribution in [-0.2, 0) is 4.74 Å². The second-order valence-corrected chi connectivity index (χ2v) is 1.61. The summed E-state index contributed by atoms with van der Waals surface area (Å²) in [5, 5.41) is 6.90. The molecule has 9 heavy (non-hydrogen) atoms. The second kappa shape index (κ2) is 5.28. The summed E-state index contributed by atoms with van der Waals surface area (Å²) in [5.74, 6) is 0. The number of unbranched alkanes of at least 4 members (excludes halogenated alkanes) is 1. The Balaban J connectivity index is 3.32. The summed E-state index contributed by atoms with van der Waals surface area (Å²) in [4.78, 5) is 3.67. The monoisotopic (exact) mass is 128 g/mol. The molecule has 1 N–H and O–H groups in total. The van der Waals surface area contributed by atoms with Gasteiger partial charge in [-0.3, -0.25) is 0 Å². The van der Waals surface area contributed by atoms with E-state index in [-0.39, 0.29) is 6.02 Å². The van der Waals surface area contributed by atoms with Gasteiger partial charge in [-0.2, -0.15) is 0 Å². The SMILES string of the molecule is CCCC=NC(=N)OC. The van der Waals surface area contributed by atoms with Gasteiger partial charge in [0, 0.05) is 6.21 Å². The predicted molar refractivity (Wildman–Crippen MR) is 38.1 cm³/mol.